The number of nitrogens with zero attached hydrogens (tertiary/aromatic N) is 1. The molecule has 33 heavy (non-hydrogen) atoms. The minimum Gasteiger partial charge on any atom is -0.461 e. The molecule has 10 heteroatoms. The smallest absolute Gasteiger partial charge is 0.231 e. The first-order chi connectivity index (χ1) is 15.9. The highest BCUT2D eigenvalue weighted by atomic mass is 16.7. The third-order valence-corrected chi connectivity index (χ3v) is 6.13. The minimum absolute atomic E-state index is 0.0756. The largest absolute Gasteiger partial charge is 0.461 e. The summed E-state index contributed by atoms with van der Waals surface area (Å²) in [6, 6.07) is 8.93. The standard InChI is InChI=1S/C23H25NO9/c1-24-5-4-11-2-3-14(32-23-22(29)21(28)20(27)17(9-26)33-23)18(19(11)24)13-7-16-15(30-10-31-16)6-12(13)8-25/h2-7,17,20-23,25-29H,8-10H2,1H3. The second kappa shape index (κ2) is 8.49. The van der Waals surface area contributed by atoms with Crippen LogP contribution in [0.1, 0.15) is 5.56 Å². The van der Waals surface area contributed by atoms with Crippen molar-refractivity contribution in [2.45, 2.75) is 37.3 Å². The van der Waals surface area contributed by atoms with Crippen molar-refractivity contribution in [3.8, 4) is 28.4 Å². The second-order valence-electron chi connectivity index (χ2n) is 8.14. The van der Waals surface area contributed by atoms with Gasteiger partial charge in [-0.15, -0.1) is 0 Å². The zero-order chi connectivity index (χ0) is 23.3. The van der Waals surface area contributed by atoms with Crippen LogP contribution >= 0.6 is 0 Å². The Hall–Kier alpha value is -2.86. The minimum atomic E-state index is -1.57. The first-order valence-electron chi connectivity index (χ1n) is 10.5. The fourth-order valence-electron chi connectivity index (χ4n) is 4.37. The van der Waals surface area contributed by atoms with Gasteiger partial charge >= 0.3 is 0 Å². The molecular weight excluding hydrogens is 434 g/mol. The van der Waals surface area contributed by atoms with E-state index in [9.17, 15) is 25.5 Å². The van der Waals surface area contributed by atoms with Crippen LogP contribution in [-0.4, -0.2) is 74.2 Å². The number of benzene rings is 2. The van der Waals surface area contributed by atoms with Gasteiger partial charge in [-0.05, 0) is 41.5 Å². The first kappa shape index (κ1) is 22.0. The summed E-state index contributed by atoms with van der Waals surface area (Å²) in [5.41, 5.74) is 2.62. The summed E-state index contributed by atoms with van der Waals surface area (Å²) in [5, 5.41) is 51.2. The monoisotopic (exact) mass is 459 g/mol. The molecule has 2 aliphatic rings. The summed E-state index contributed by atoms with van der Waals surface area (Å²) in [5.74, 6) is 1.35. The van der Waals surface area contributed by atoms with Crippen molar-refractivity contribution in [3.63, 3.8) is 0 Å². The molecule has 10 nitrogen and oxygen atoms in total. The van der Waals surface area contributed by atoms with E-state index < -0.39 is 37.3 Å². The van der Waals surface area contributed by atoms with Gasteiger partial charge in [0.1, 0.15) is 30.2 Å². The SMILES string of the molecule is Cn1ccc2ccc(OC3OC(CO)C(O)C(O)C3O)c(-c3cc4c(cc3CO)OCO4)c21. The second-order valence-corrected chi connectivity index (χ2v) is 8.14. The fourth-order valence-corrected chi connectivity index (χ4v) is 4.37. The molecule has 5 atom stereocenters. The van der Waals surface area contributed by atoms with Gasteiger partial charge < -0.3 is 49.0 Å². The van der Waals surface area contributed by atoms with Gasteiger partial charge in [-0.2, -0.15) is 0 Å². The van der Waals surface area contributed by atoms with Gasteiger partial charge in [-0.25, -0.2) is 0 Å². The van der Waals surface area contributed by atoms with Crippen molar-refractivity contribution in [3.05, 3.63) is 42.1 Å². The number of hydrogen-bond acceptors (Lipinski definition) is 9. The Balaban J connectivity index is 1.65. The van der Waals surface area contributed by atoms with Crippen LogP contribution in [0.5, 0.6) is 17.2 Å². The third-order valence-electron chi connectivity index (χ3n) is 6.13. The molecule has 0 aliphatic carbocycles. The molecule has 176 valence electrons. The Morgan fingerprint density at radius 3 is 2.48 bits per heavy atom. The molecule has 1 saturated heterocycles. The average molecular weight is 459 g/mol. The van der Waals surface area contributed by atoms with Crippen LogP contribution in [0.15, 0.2) is 36.5 Å². The van der Waals surface area contributed by atoms with Crippen molar-refractivity contribution in [2.24, 2.45) is 7.05 Å². The molecule has 0 bridgehead atoms. The lowest BCUT2D eigenvalue weighted by molar-refractivity contribution is -0.277. The Morgan fingerprint density at radius 2 is 1.76 bits per heavy atom. The summed E-state index contributed by atoms with van der Waals surface area (Å²) >= 11 is 0. The highest BCUT2D eigenvalue weighted by Gasteiger charge is 2.45. The van der Waals surface area contributed by atoms with Gasteiger partial charge in [0.2, 0.25) is 13.1 Å². The van der Waals surface area contributed by atoms with Gasteiger partial charge in [0.25, 0.3) is 0 Å². The van der Waals surface area contributed by atoms with Gasteiger partial charge in [-0.3, -0.25) is 0 Å². The van der Waals surface area contributed by atoms with Gasteiger partial charge in [0, 0.05) is 24.2 Å². The topological polar surface area (TPSA) is 143 Å². The maximum absolute atomic E-state index is 10.5. The van der Waals surface area contributed by atoms with Crippen molar-refractivity contribution in [1.29, 1.82) is 0 Å². The van der Waals surface area contributed by atoms with Crippen LogP contribution in [0.3, 0.4) is 0 Å². The van der Waals surface area contributed by atoms with Crippen LogP contribution in [0.25, 0.3) is 22.0 Å². The lowest BCUT2D eigenvalue weighted by Crippen LogP contribution is -2.60. The zero-order valence-corrected chi connectivity index (χ0v) is 17.8. The lowest BCUT2D eigenvalue weighted by atomic mass is 9.96. The van der Waals surface area contributed by atoms with E-state index >= 15 is 0 Å². The molecule has 3 aromatic rings. The normalized spacial score (nSPS) is 26.7. The third kappa shape index (κ3) is 3.61. The molecule has 2 aliphatic heterocycles. The summed E-state index contributed by atoms with van der Waals surface area (Å²) in [6.45, 7) is -0.760. The Bertz CT molecular complexity index is 1170. The van der Waals surface area contributed by atoms with Crippen LogP contribution in [-0.2, 0) is 18.4 Å². The van der Waals surface area contributed by atoms with Crippen LogP contribution in [0.4, 0.5) is 0 Å². The summed E-state index contributed by atoms with van der Waals surface area (Å²) < 4.78 is 24.5. The van der Waals surface area contributed by atoms with Crippen LogP contribution < -0.4 is 14.2 Å². The molecule has 0 spiro atoms. The number of aromatic nitrogens is 1. The molecule has 5 rings (SSSR count). The van der Waals surface area contributed by atoms with Gasteiger partial charge in [0.05, 0.1) is 18.7 Å². The number of aliphatic hydroxyl groups excluding tert-OH is 5. The molecular formula is C23H25NO9. The molecule has 3 heterocycles. The maximum Gasteiger partial charge on any atom is 0.231 e. The fraction of sp³-hybridized carbons (Fsp3) is 0.391. The summed E-state index contributed by atoms with van der Waals surface area (Å²) in [7, 11) is 1.87. The van der Waals surface area contributed by atoms with Crippen molar-refractivity contribution in [2.75, 3.05) is 13.4 Å². The zero-order valence-electron chi connectivity index (χ0n) is 17.8. The molecule has 0 amide bonds. The van der Waals surface area contributed by atoms with E-state index in [-0.39, 0.29) is 13.4 Å². The number of ether oxygens (including phenoxy) is 4. The van der Waals surface area contributed by atoms with E-state index in [0.29, 0.717) is 33.9 Å². The van der Waals surface area contributed by atoms with E-state index in [1.165, 1.54) is 0 Å². The van der Waals surface area contributed by atoms with Crippen molar-refractivity contribution in [1.82, 2.24) is 4.57 Å². The van der Waals surface area contributed by atoms with Crippen LogP contribution in [0, 0.1) is 0 Å². The molecule has 1 aromatic heterocycles. The van der Waals surface area contributed by atoms with E-state index in [0.717, 1.165) is 10.9 Å². The van der Waals surface area contributed by atoms with E-state index in [2.05, 4.69) is 0 Å². The summed E-state index contributed by atoms with van der Waals surface area (Å²) in [6.07, 6.45) is -5.19. The summed E-state index contributed by atoms with van der Waals surface area (Å²) in [4.78, 5) is 0. The number of hydrogen-bond donors (Lipinski definition) is 5. The average Bonchev–Trinajstić information content (AvgIpc) is 3.44. The maximum atomic E-state index is 10.5. The van der Waals surface area contributed by atoms with Gasteiger partial charge in [-0.1, -0.05) is 0 Å². The first-order valence-corrected chi connectivity index (χ1v) is 10.5. The molecule has 2 aromatic carbocycles. The van der Waals surface area contributed by atoms with E-state index in [4.69, 9.17) is 18.9 Å². The lowest BCUT2D eigenvalue weighted by Gasteiger charge is -2.39. The molecule has 1 fully saturated rings. The molecule has 5 N–H and O–H groups in total. The highest BCUT2D eigenvalue weighted by Crippen LogP contribution is 2.45. The predicted molar refractivity (Wildman–Crippen MR) is 115 cm³/mol. The Morgan fingerprint density at radius 1 is 1.00 bits per heavy atom. The number of fused-ring (bicyclic) bond motifs is 2. The molecule has 0 radical (unpaired) electrons. The quantitative estimate of drug-likeness (QED) is 0.363. The van der Waals surface area contributed by atoms with E-state index in [1.54, 1.807) is 18.2 Å². The number of aliphatic hydroxyl groups is 5. The van der Waals surface area contributed by atoms with Crippen molar-refractivity contribution >= 4 is 10.9 Å². The Labute approximate surface area is 188 Å². The number of aryl methyl sites for hydroxylation is 1. The Kier molecular flexibility index (Phi) is 5.65. The van der Waals surface area contributed by atoms with E-state index in [1.807, 2.05) is 29.9 Å². The predicted octanol–water partition coefficient (Wildman–Crippen LogP) is 0.245. The number of rotatable bonds is 5. The highest BCUT2D eigenvalue weighted by molar-refractivity contribution is 5.99. The van der Waals surface area contributed by atoms with Crippen LogP contribution in [0.2, 0.25) is 0 Å². The van der Waals surface area contributed by atoms with Crippen molar-refractivity contribution < 1.29 is 44.5 Å². The molecule has 0 saturated carbocycles. The van der Waals surface area contributed by atoms with Gasteiger partial charge in [0.15, 0.2) is 11.5 Å². The molecule has 5 unspecified atom stereocenters.